The maximum Gasteiger partial charge on any atom is 0.217 e. The van der Waals surface area contributed by atoms with Crippen molar-refractivity contribution in [1.29, 1.82) is 0 Å². The predicted octanol–water partition coefficient (Wildman–Crippen LogP) is -3.29. The molecule has 0 atom stereocenters. The summed E-state index contributed by atoms with van der Waals surface area (Å²) in [6.45, 7) is 3.41. The van der Waals surface area contributed by atoms with Crippen LogP contribution in [0.25, 0.3) is 0 Å². The van der Waals surface area contributed by atoms with Crippen LogP contribution in [0.3, 0.4) is 0 Å². The maximum absolute atomic E-state index is 9.91. The van der Waals surface area contributed by atoms with Crippen LogP contribution in [0.5, 0.6) is 0 Å². The Bertz CT molecular complexity index is 366. The molecule has 0 unspecified atom stereocenters. The van der Waals surface area contributed by atoms with E-state index in [2.05, 4.69) is 46.5 Å². The smallest absolute Gasteiger partial charge is 0.217 e. The Hall–Kier alpha value is -1.00. The molecule has 136 valence electrons. The average molecular weight is 344 g/mol. The van der Waals surface area contributed by atoms with Gasteiger partial charge in [0.2, 0.25) is 10.4 Å². The molecule has 0 amide bonds. The molecule has 0 aliphatic rings. The van der Waals surface area contributed by atoms with E-state index in [4.69, 9.17) is 0 Å². The number of carboxylic acid groups (broad SMARTS) is 1. The van der Waals surface area contributed by atoms with E-state index in [1.165, 1.54) is 16.7 Å². The first-order valence-electron chi connectivity index (χ1n) is 6.64. The largest absolute Gasteiger partial charge is 0.726 e. The molecule has 0 aromatic carbocycles. The Morgan fingerprint density at radius 1 is 1.09 bits per heavy atom. The second-order valence-corrected chi connectivity index (χ2v) is 6.31. The number of hydrogen-bond donors (Lipinski definition) is 2. The molecule has 9 heteroatoms. The van der Waals surface area contributed by atoms with Crippen molar-refractivity contribution in [3.05, 3.63) is 11.6 Å². The lowest BCUT2D eigenvalue weighted by molar-refractivity contribution is -0.836. The van der Waals surface area contributed by atoms with Crippen molar-refractivity contribution in [3.63, 3.8) is 0 Å². The molecule has 2 N–H and O–H groups in total. The Morgan fingerprint density at radius 2 is 1.32 bits per heavy atom. The highest BCUT2D eigenvalue weighted by atomic mass is 32.3. The molecule has 0 bridgehead atoms. The van der Waals surface area contributed by atoms with Crippen molar-refractivity contribution in [3.8, 4) is 0 Å². The third-order valence-electron chi connectivity index (χ3n) is 1.04. The van der Waals surface area contributed by atoms with Gasteiger partial charge in [-0.05, 0) is 18.9 Å². The summed E-state index contributed by atoms with van der Waals surface area (Å²) in [5.41, 5.74) is 0.313. The Morgan fingerprint density at radius 3 is 1.36 bits per heavy atom. The average Bonchev–Trinajstić information content (AvgIpc) is 2.27. The summed E-state index contributed by atoms with van der Waals surface area (Å²) in [7, 11) is 8.90. The fourth-order valence-corrected chi connectivity index (χ4v) is 0.390. The molecule has 8 nitrogen and oxygen atoms in total. The predicted molar refractivity (Wildman–Crippen MR) is 83.2 cm³/mol. The van der Waals surface area contributed by atoms with Crippen LogP contribution in [0.1, 0.15) is 20.3 Å². The summed E-state index contributed by atoms with van der Waals surface area (Å²) in [4.78, 5) is 12.7. The molecule has 0 aliphatic heterocycles. The molecule has 0 aromatic rings. The van der Waals surface area contributed by atoms with Crippen LogP contribution in [0, 0.1) is 0 Å². The fraction of sp³-hybridized carbons (Fsp3) is 0.769. The van der Waals surface area contributed by atoms with Crippen molar-refractivity contribution < 1.29 is 36.9 Å². The van der Waals surface area contributed by atoms with Crippen molar-refractivity contribution in [2.45, 2.75) is 20.3 Å². The lowest BCUT2D eigenvalue weighted by Crippen LogP contribution is -3.02. The minimum atomic E-state index is -4.41. The number of hydrogen-bond acceptors (Lipinski definition) is 6. The summed E-state index contributed by atoms with van der Waals surface area (Å²) >= 11 is 0. The second kappa shape index (κ2) is 18.1. The fourth-order valence-electron chi connectivity index (χ4n) is 0.390. The first kappa shape index (κ1) is 29.1. The normalized spacial score (nSPS) is 10.6. The van der Waals surface area contributed by atoms with E-state index >= 15 is 0 Å². The summed E-state index contributed by atoms with van der Waals surface area (Å²) < 4.78 is 31.0. The summed E-state index contributed by atoms with van der Waals surface area (Å²) in [6.07, 6.45) is 2.37. The molecule has 0 fully saturated rings. The Kier molecular flexibility index (Phi) is 23.8. The van der Waals surface area contributed by atoms with Gasteiger partial charge in [0.05, 0.1) is 55.4 Å². The minimum Gasteiger partial charge on any atom is -0.726 e. The van der Waals surface area contributed by atoms with Crippen molar-refractivity contribution in [1.82, 2.24) is 0 Å². The molecular formula is C13H32N2O6S. The zero-order valence-corrected chi connectivity index (χ0v) is 16.0. The number of rotatable bonds is 3. The lowest BCUT2D eigenvalue weighted by atomic mass is 10.2. The van der Waals surface area contributed by atoms with Gasteiger partial charge < -0.3 is 24.3 Å². The molecule has 0 aliphatic carbocycles. The zero-order valence-electron chi connectivity index (χ0n) is 15.1. The van der Waals surface area contributed by atoms with Gasteiger partial charge in [0.1, 0.15) is 0 Å². The Balaban J connectivity index is -0.000000103. The van der Waals surface area contributed by atoms with Gasteiger partial charge in [-0.15, -0.1) is 0 Å². The van der Waals surface area contributed by atoms with Gasteiger partial charge >= 0.3 is 0 Å². The van der Waals surface area contributed by atoms with E-state index in [9.17, 15) is 22.9 Å². The van der Waals surface area contributed by atoms with Crippen LogP contribution < -0.4 is 14.9 Å². The van der Waals surface area contributed by atoms with Gasteiger partial charge in [-0.25, -0.2) is 8.42 Å². The molecule has 0 rings (SSSR count). The minimum absolute atomic E-state index is 0.313. The van der Waals surface area contributed by atoms with Crippen LogP contribution in [-0.4, -0.2) is 68.3 Å². The highest BCUT2D eigenvalue weighted by Gasteiger charge is 1.83. The number of carbonyl (C=O) groups excluding carboxylic acids is 1. The standard InChI is InChI=1S/C6H10O2.2C3H9N.CH4O4S/c1-3-4-5(2)6(7)8;2*1-4(2)3;1-5-6(2,3)4/h4H,3H2,1-2H3,(H,7,8);2*1-3H3;1H3,(H,2,3,4). The molecule has 0 heterocycles. The zero-order chi connectivity index (χ0) is 18.9. The van der Waals surface area contributed by atoms with Crippen LogP contribution in [0.2, 0.25) is 0 Å². The molecular weight excluding hydrogens is 312 g/mol. The number of allylic oxidation sites excluding steroid dienone is 1. The number of carboxylic acids is 1. The van der Waals surface area contributed by atoms with Gasteiger partial charge in [0, 0.05) is 0 Å². The molecule has 0 saturated carbocycles. The van der Waals surface area contributed by atoms with Crippen LogP contribution >= 0.6 is 0 Å². The quantitative estimate of drug-likeness (QED) is 0.315. The van der Waals surface area contributed by atoms with Gasteiger partial charge in [0.15, 0.2) is 0 Å². The maximum atomic E-state index is 9.91. The van der Waals surface area contributed by atoms with E-state index in [1.54, 1.807) is 6.08 Å². The van der Waals surface area contributed by atoms with Crippen molar-refractivity contribution in [2.24, 2.45) is 0 Å². The number of nitrogens with one attached hydrogen (secondary N) is 2. The SMILES string of the molecule is CCC=C(C)C(=O)[O-].COS(=O)(=O)[O-].C[NH+](C)C.C[NH+](C)C. The van der Waals surface area contributed by atoms with Crippen molar-refractivity contribution >= 4 is 16.4 Å². The van der Waals surface area contributed by atoms with Crippen LogP contribution in [0.15, 0.2) is 11.6 Å². The lowest BCUT2D eigenvalue weighted by Gasteiger charge is -1.98. The van der Waals surface area contributed by atoms with E-state index in [1.807, 2.05) is 6.92 Å². The number of aliphatic carboxylic acids is 1. The first-order valence-corrected chi connectivity index (χ1v) is 7.97. The Labute approximate surface area is 135 Å². The van der Waals surface area contributed by atoms with Gasteiger partial charge in [-0.1, -0.05) is 13.0 Å². The topological polar surface area (TPSA) is 115 Å². The third-order valence-corrected chi connectivity index (χ3v) is 1.44. The monoisotopic (exact) mass is 344 g/mol. The molecule has 0 spiro atoms. The van der Waals surface area contributed by atoms with Gasteiger partial charge in [-0.2, -0.15) is 0 Å². The van der Waals surface area contributed by atoms with Crippen molar-refractivity contribution in [2.75, 3.05) is 49.4 Å². The van der Waals surface area contributed by atoms with E-state index in [0.29, 0.717) is 5.57 Å². The van der Waals surface area contributed by atoms with E-state index < -0.39 is 16.4 Å². The highest BCUT2D eigenvalue weighted by molar-refractivity contribution is 7.80. The van der Waals surface area contributed by atoms with Gasteiger partial charge in [-0.3, -0.25) is 4.18 Å². The first-order chi connectivity index (χ1) is 9.71. The summed E-state index contributed by atoms with van der Waals surface area (Å²) in [6, 6.07) is 0. The summed E-state index contributed by atoms with van der Waals surface area (Å²) in [5.74, 6) is -1.08. The number of quaternary nitrogens is 2. The van der Waals surface area contributed by atoms with E-state index in [0.717, 1.165) is 13.5 Å². The summed E-state index contributed by atoms with van der Waals surface area (Å²) in [5, 5.41) is 9.91. The molecule has 0 radical (unpaired) electrons. The number of carbonyl (C=O) groups is 1. The molecule has 0 saturated heterocycles. The van der Waals surface area contributed by atoms with Crippen LogP contribution in [-0.2, 0) is 19.4 Å². The van der Waals surface area contributed by atoms with Gasteiger partial charge in [0.25, 0.3) is 0 Å². The molecule has 22 heavy (non-hydrogen) atoms. The molecule has 0 aromatic heterocycles. The third kappa shape index (κ3) is 76.0. The highest BCUT2D eigenvalue weighted by Crippen LogP contribution is 1.90. The second-order valence-electron chi connectivity index (χ2n) is 5.16. The van der Waals surface area contributed by atoms with E-state index in [-0.39, 0.29) is 0 Å². The van der Waals surface area contributed by atoms with Crippen LogP contribution in [0.4, 0.5) is 0 Å².